The van der Waals surface area contributed by atoms with E-state index < -0.39 is 18.3 Å². The molecule has 0 fully saturated rings. The predicted molar refractivity (Wildman–Crippen MR) is 88.3 cm³/mol. The summed E-state index contributed by atoms with van der Waals surface area (Å²) in [6.07, 6.45) is 0. The second-order valence-corrected chi connectivity index (χ2v) is 5.32. The molecule has 1 amide bonds. The van der Waals surface area contributed by atoms with E-state index in [4.69, 9.17) is 4.74 Å². The quantitative estimate of drug-likeness (QED) is 0.751. The van der Waals surface area contributed by atoms with Crippen molar-refractivity contribution < 1.29 is 27.4 Å². The summed E-state index contributed by atoms with van der Waals surface area (Å²) in [6, 6.07) is 7.94. The van der Waals surface area contributed by atoms with E-state index in [0.29, 0.717) is 11.0 Å². The molecule has 6 nitrogen and oxygen atoms in total. The molecular formula is C17H14F3N3O3. The molecule has 0 unspecified atom stereocenters. The van der Waals surface area contributed by atoms with E-state index in [-0.39, 0.29) is 23.0 Å². The van der Waals surface area contributed by atoms with E-state index >= 15 is 0 Å². The van der Waals surface area contributed by atoms with E-state index in [1.807, 2.05) is 0 Å². The number of nitrogens with zero attached hydrogens (tertiary/aromatic N) is 2. The van der Waals surface area contributed by atoms with Crippen molar-refractivity contribution in [2.24, 2.45) is 7.05 Å². The molecule has 136 valence electrons. The Bertz CT molecular complexity index is 973. The first-order valence-electron chi connectivity index (χ1n) is 7.45. The second kappa shape index (κ2) is 6.95. The van der Waals surface area contributed by atoms with E-state index in [0.717, 1.165) is 0 Å². The molecule has 0 aliphatic carbocycles. The van der Waals surface area contributed by atoms with E-state index in [1.165, 1.54) is 43.5 Å². The Hall–Kier alpha value is -3.23. The fraction of sp³-hybridized carbons (Fsp3) is 0.176. The molecule has 0 saturated heterocycles. The molecule has 0 radical (unpaired) electrons. The smallest absolute Gasteiger partial charge is 0.387 e. The molecule has 0 bridgehead atoms. The Balaban J connectivity index is 1.94. The van der Waals surface area contributed by atoms with Crippen molar-refractivity contribution >= 4 is 22.9 Å². The molecule has 3 rings (SSSR count). The van der Waals surface area contributed by atoms with E-state index in [1.54, 1.807) is 11.6 Å². The molecule has 0 saturated carbocycles. The van der Waals surface area contributed by atoms with Gasteiger partial charge in [0.25, 0.3) is 5.91 Å². The van der Waals surface area contributed by atoms with Gasteiger partial charge in [0.15, 0.2) is 0 Å². The van der Waals surface area contributed by atoms with Crippen LogP contribution in [0.15, 0.2) is 36.4 Å². The first-order valence-corrected chi connectivity index (χ1v) is 7.45. The zero-order valence-electron chi connectivity index (χ0n) is 13.8. The number of anilines is 1. The topological polar surface area (TPSA) is 65.4 Å². The van der Waals surface area contributed by atoms with Crippen molar-refractivity contribution in [3.8, 4) is 11.5 Å². The lowest BCUT2D eigenvalue weighted by atomic mass is 10.2. The molecular weight excluding hydrogens is 351 g/mol. The third-order valence-corrected chi connectivity index (χ3v) is 3.72. The van der Waals surface area contributed by atoms with Gasteiger partial charge in [0.05, 0.1) is 23.7 Å². The molecule has 2 aromatic carbocycles. The van der Waals surface area contributed by atoms with Gasteiger partial charge in [-0.2, -0.15) is 8.78 Å². The fourth-order valence-corrected chi connectivity index (χ4v) is 2.46. The van der Waals surface area contributed by atoms with Gasteiger partial charge in [0, 0.05) is 19.2 Å². The molecule has 1 N–H and O–H groups in total. The van der Waals surface area contributed by atoms with Crippen molar-refractivity contribution in [1.29, 1.82) is 0 Å². The summed E-state index contributed by atoms with van der Waals surface area (Å²) in [4.78, 5) is 16.6. The van der Waals surface area contributed by atoms with Crippen molar-refractivity contribution in [3.05, 3.63) is 47.8 Å². The lowest BCUT2D eigenvalue weighted by Crippen LogP contribution is -2.17. The molecule has 1 aromatic heterocycles. The summed E-state index contributed by atoms with van der Waals surface area (Å²) in [7, 11) is 2.99. The standard InChI is InChI=1S/C17H14F3N3O3/c1-23-13-6-3-9(18)7-12(13)21-17(23)22-15(24)11-5-4-10(25-2)8-14(11)26-16(19)20/h3-8,16H,1-2H3,(H,21,22,24). The fourth-order valence-electron chi connectivity index (χ4n) is 2.46. The van der Waals surface area contributed by atoms with Crippen LogP contribution in [-0.2, 0) is 7.05 Å². The molecule has 26 heavy (non-hydrogen) atoms. The highest BCUT2D eigenvalue weighted by molar-refractivity contribution is 6.06. The van der Waals surface area contributed by atoms with Gasteiger partial charge in [-0.1, -0.05) is 0 Å². The monoisotopic (exact) mass is 365 g/mol. The van der Waals surface area contributed by atoms with Gasteiger partial charge in [-0.15, -0.1) is 0 Å². The number of benzene rings is 2. The molecule has 0 spiro atoms. The van der Waals surface area contributed by atoms with Crippen LogP contribution in [0, 0.1) is 5.82 Å². The Morgan fingerprint density at radius 1 is 1.23 bits per heavy atom. The van der Waals surface area contributed by atoms with Crippen LogP contribution in [0.3, 0.4) is 0 Å². The molecule has 0 atom stereocenters. The number of imidazole rings is 1. The number of hydrogen-bond donors (Lipinski definition) is 1. The number of halogens is 3. The minimum atomic E-state index is -3.10. The lowest BCUT2D eigenvalue weighted by molar-refractivity contribution is -0.0502. The number of carbonyl (C=O) groups excluding carboxylic acids is 1. The number of nitrogens with one attached hydrogen (secondary N) is 1. The number of amides is 1. The third-order valence-electron chi connectivity index (χ3n) is 3.72. The van der Waals surface area contributed by atoms with Crippen LogP contribution in [0.25, 0.3) is 11.0 Å². The Morgan fingerprint density at radius 3 is 2.69 bits per heavy atom. The Labute approximate surface area is 146 Å². The van der Waals surface area contributed by atoms with Crippen molar-refractivity contribution in [2.75, 3.05) is 12.4 Å². The zero-order chi connectivity index (χ0) is 18.8. The highest BCUT2D eigenvalue weighted by atomic mass is 19.3. The summed E-state index contributed by atoms with van der Waals surface area (Å²) in [5, 5.41) is 2.51. The number of aryl methyl sites for hydroxylation is 1. The van der Waals surface area contributed by atoms with Crippen LogP contribution in [-0.4, -0.2) is 29.2 Å². The maximum Gasteiger partial charge on any atom is 0.387 e. The van der Waals surface area contributed by atoms with Crippen LogP contribution in [0.2, 0.25) is 0 Å². The predicted octanol–water partition coefficient (Wildman–Crippen LogP) is 3.57. The highest BCUT2D eigenvalue weighted by Gasteiger charge is 2.19. The second-order valence-electron chi connectivity index (χ2n) is 5.32. The number of rotatable bonds is 5. The van der Waals surface area contributed by atoms with Gasteiger partial charge in [0.1, 0.15) is 17.3 Å². The van der Waals surface area contributed by atoms with Gasteiger partial charge in [0.2, 0.25) is 5.95 Å². The first-order chi connectivity index (χ1) is 12.4. The van der Waals surface area contributed by atoms with Crippen molar-refractivity contribution in [1.82, 2.24) is 9.55 Å². The van der Waals surface area contributed by atoms with E-state index in [9.17, 15) is 18.0 Å². The number of aromatic nitrogens is 2. The number of methoxy groups -OCH3 is 1. The van der Waals surface area contributed by atoms with Crippen LogP contribution < -0.4 is 14.8 Å². The molecule has 3 aromatic rings. The maximum atomic E-state index is 13.3. The Kier molecular flexibility index (Phi) is 4.70. The van der Waals surface area contributed by atoms with Crippen molar-refractivity contribution in [2.45, 2.75) is 6.61 Å². The third kappa shape index (κ3) is 3.41. The summed E-state index contributed by atoms with van der Waals surface area (Å²) in [5.74, 6) is -1.11. The zero-order valence-corrected chi connectivity index (χ0v) is 13.8. The number of ether oxygens (including phenoxy) is 2. The molecule has 0 aliphatic rings. The average molecular weight is 365 g/mol. The van der Waals surface area contributed by atoms with Gasteiger partial charge in [-0.25, -0.2) is 9.37 Å². The molecule has 9 heteroatoms. The summed E-state index contributed by atoms with van der Waals surface area (Å²) in [5.41, 5.74) is 0.825. The van der Waals surface area contributed by atoms with Gasteiger partial charge in [-0.05, 0) is 24.3 Å². The highest BCUT2D eigenvalue weighted by Crippen LogP contribution is 2.27. The van der Waals surface area contributed by atoms with Crippen molar-refractivity contribution in [3.63, 3.8) is 0 Å². The lowest BCUT2D eigenvalue weighted by Gasteiger charge is -2.12. The normalized spacial score (nSPS) is 11.0. The SMILES string of the molecule is COc1ccc(C(=O)Nc2nc3cc(F)ccc3n2C)c(OC(F)F)c1. The Morgan fingerprint density at radius 2 is 2.00 bits per heavy atom. The van der Waals surface area contributed by atoms with Crippen LogP contribution in [0.1, 0.15) is 10.4 Å². The molecule has 0 aliphatic heterocycles. The molecule has 1 heterocycles. The summed E-state index contributed by atoms with van der Waals surface area (Å²) >= 11 is 0. The maximum absolute atomic E-state index is 13.3. The van der Waals surface area contributed by atoms with Crippen LogP contribution in [0.4, 0.5) is 19.1 Å². The van der Waals surface area contributed by atoms with Crippen LogP contribution >= 0.6 is 0 Å². The average Bonchev–Trinajstić information content (AvgIpc) is 2.89. The number of carbonyl (C=O) groups is 1. The van der Waals surface area contributed by atoms with Gasteiger partial charge in [-0.3, -0.25) is 10.1 Å². The number of fused-ring (bicyclic) bond motifs is 1. The minimum absolute atomic E-state index is 0.121. The van der Waals surface area contributed by atoms with Gasteiger partial charge < -0.3 is 14.0 Å². The number of hydrogen-bond acceptors (Lipinski definition) is 4. The van der Waals surface area contributed by atoms with Crippen LogP contribution in [0.5, 0.6) is 11.5 Å². The van der Waals surface area contributed by atoms with Gasteiger partial charge >= 0.3 is 6.61 Å². The first kappa shape index (κ1) is 17.6. The largest absolute Gasteiger partial charge is 0.497 e. The number of alkyl halides is 2. The minimum Gasteiger partial charge on any atom is -0.497 e. The summed E-state index contributed by atoms with van der Waals surface area (Å²) in [6.45, 7) is -3.10. The summed E-state index contributed by atoms with van der Waals surface area (Å²) < 4.78 is 49.5. The van der Waals surface area contributed by atoms with E-state index in [2.05, 4.69) is 15.0 Å².